The van der Waals surface area contributed by atoms with Crippen LogP contribution in [0.25, 0.3) is 0 Å². The second-order valence-electron chi connectivity index (χ2n) is 7.70. The van der Waals surface area contributed by atoms with Gasteiger partial charge in [-0.25, -0.2) is 0 Å². The number of unbranched alkanes of at least 4 members (excludes halogenated alkanes) is 4. The Labute approximate surface area is 172 Å². The molecule has 0 heterocycles. The van der Waals surface area contributed by atoms with Crippen LogP contribution >= 0.6 is 0 Å². The third kappa shape index (κ3) is 8.00. The van der Waals surface area contributed by atoms with E-state index in [-0.39, 0.29) is 19.0 Å². The van der Waals surface area contributed by atoms with Crippen molar-refractivity contribution in [3.05, 3.63) is 0 Å². The van der Waals surface area contributed by atoms with Gasteiger partial charge in [0.05, 0.1) is 5.92 Å². The number of aliphatic carboxylic acids is 4. The van der Waals surface area contributed by atoms with Crippen LogP contribution in [0.3, 0.4) is 0 Å². The van der Waals surface area contributed by atoms with Gasteiger partial charge in [-0.05, 0) is 18.3 Å². The van der Waals surface area contributed by atoms with Crippen molar-refractivity contribution >= 4 is 23.9 Å². The molecule has 3 atom stereocenters. The van der Waals surface area contributed by atoms with Gasteiger partial charge >= 0.3 is 23.9 Å². The van der Waals surface area contributed by atoms with Gasteiger partial charge in [0.1, 0.15) is 0 Å². The zero-order chi connectivity index (χ0) is 21.9. The van der Waals surface area contributed by atoms with E-state index < -0.39 is 35.2 Å². The van der Waals surface area contributed by atoms with Gasteiger partial charge in [-0.2, -0.15) is 0 Å². The summed E-state index contributed by atoms with van der Waals surface area (Å²) in [6, 6.07) is 0. The van der Waals surface area contributed by atoms with Gasteiger partial charge in [0.25, 0.3) is 5.41 Å². The average Bonchev–Trinajstić information content (AvgIpc) is 2.59. The predicted octanol–water partition coefficient (Wildman–Crippen LogP) is 3.89. The van der Waals surface area contributed by atoms with Gasteiger partial charge in [0.15, 0.2) is 0 Å². The fraction of sp³-hybridized carbons (Fsp3) is 0.800. The Morgan fingerprint density at radius 2 is 1.07 bits per heavy atom. The van der Waals surface area contributed by atoms with E-state index in [0.29, 0.717) is 18.3 Å². The first-order valence-corrected chi connectivity index (χ1v) is 9.96. The molecular formula is C20H37NO8. The highest BCUT2D eigenvalue weighted by Crippen LogP contribution is 2.34. The number of carboxylic acids is 4. The van der Waals surface area contributed by atoms with E-state index in [1.807, 2.05) is 0 Å². The lowest BCUT2D eigenvalue weighted by atomic mass is 9.72. The Morgan fingerprint density at radius 3 is 1.41 bits per heavy atom. The van der Waals surface area contributed by atoms with Gasteiger partial charge < -0.3 is 26.6 Å². The Bertz CT molecular complexity index is 513. The molecule has 29 heavy (non-hydrogen) atoms. The molecule has 0 fully saturated rings. The normalized spacial score (nSPS) is 14.3. The van der Waals surface area contributed by atoms with Crippen molar-refractivity contribution in [3.63, 3.8) is 0 Å². The molecule has 0 aliphatic heterocycles. The van der Waals surface area contributed by atoms with Crippen LogP contribution in [0.5, 0.6) is 0 Å². The van der Waals surface area contributed by atoms with E-state index in [1.54, 1.807) is 0 Å². The molecule has 0 saturated heterocycles. The lowest BCUT2D eigenvalue weighted by Crippen LogP contribution is -2.54. The molecule has 0 amide bonds. The molecule has 0 rings (SSSR count). The first-order valence-electron chi connectivity index (χ1n) is 9.96. The van der Waals surface area contributed by atoms with Gasteiger partial charge in [-0.3, -0.25) is 19.2 Å². The molecule has 0 aliphatic carbocycles. The van der Waals surface area contributed by atoms with E-state index in [2.05, 4.69) is 20.8 Å². The summed E-state index contributed by atoms with van der Waals surface area (Å²) in [6.07, 6.45) is 7.18. The topological polar surface area (TPSA) is 184 Å². The quantitative estimate of drug-likeness (QED) is 0.183. The molecule has 0 aromatic rings. The number of rotatable bonds is 16. The Hall–Kier alpha value is -2.16. The third-order valence-corrected chi connectivity index (χ3v) is 5.72. The second kappa shape index (κ2) is 13.9. The van der Waals surface area contributed by atoms with Crippen LogP contribution < -0.4 is 6.15 Å². The zero-order valence-electron chi connectivity index (χ0n) is 17.7. The van der Waals surface area contributed by atoms with Crippen LogP contribution in [0.15, 0.2) is 0 Å². The number of carbonyl (C=O) groups is 4. The molecule has 7 N–H and O–H groups in total. The fourth-order valence-corrected chi connectivity index (χ4v) is 3.52. The monoisotopic (exact) mass is 419 g/mol. The van der Waals surface area contributed by atoms with Gasteiger partial charge in [-0.15, -0.1) is 0 Å². The molecule has 0 aromatic carbocycles. The van der Waals surface area contributed by atoms with Crippen LogP contribution in [-0.4, -0.2) is 44.3 Å². The highest BCUT2D eigenvalue weighted by Gasteiger charge is 2.62. The highest BCUT2D eigenvalue weighted by atomic mass is 16.4. The molecule has 0 aromatic heterocycles. The molecule has 9 nitrogen and oxygen atoms in total. The largest absolute Gasteiger partial charge is 0.481 e. The zero-order valence-corrected chi connectivity index (χ0v) is 17.7. The molecule has 0 aliphatic rings. The van der Waals surface area contributed by atoms with Gasteiger partial charge in [0, 0.05) is 0 Å². The number of carboxylic acid groups (broad SMARTS) is 4. The lowest BCUT2D eigenvalue weighted by Gasteiger charge is -2.27. The van der Waals surface area contributed by atoms with E-state index in [0.717, 1.165) is 12.8 Å². The summed E-state index contributed by atoms with van der Waals surface area (Å²) in [4.78, 5) is 45.7. The summed E-state index contributed by atoms with van der Waals surface area (Å²) in [7, 11) is 0. The molecule has 9 heteroatoms. The Kier molecular flexibility index (Phi) is 13.9. The fourth-order valence-electron chi connectivity index (χ4n) is 3.52. The van der Waals surface area contributed by atoms with Crippen LogP contribution in [0.2, 0.25) is 0 Å². The van der Waals surface area contributed by atoms with Crippen molar-refractivity contribution in [3.8, 4) is 0 Å². The SMILES string of the molecule is CCCCCCC(C)C(C)CCCCC(C(=O)O)C(C(=O)O)(C(=O)O)C(=O)O.N. The lowest BCUT2D eigenvalue weighted by molar-refractivity contribution is -0.186. The molecule has 0 saturated carbocycles. The number of hydrogen-bond acceptors (Lipinski definition) is 5. The molecule has 170 valence electrons. The summed E-state index contributed by atoms with van der Waals surface area (Å²) < 4.78 is 0. The highest BCUT2D eigenvalue weighted by molar-refractivity contribution is 6.18. The van der Waals surface area contributed by atoms with Crippen LogP contribution in [-0.2, 0) is 19.2 Å². The molecular weight excluding hydrogens is 382 g/mol. The number of hydrogen-bond donors (Lipinski definition) is 5. The summed E-state index contributed by atoms with van der Waals surface area (Å²) in [5, 5.41) is 36.9. The summed E-state index contributed by atoms with van der Waals surface area (Å²) in [6.45, 7) is 6.43. The van der Waals surface area contributed by atoms with Crippen molar-refractivity contribution < 1.29 is 39.6 Å². The average molecular weight is 420 g/mol. The predicted molar refractivity (Wildman–Crippen MR) is 107 cm³/mol. The molecule has 3 unspecified atom stereocenters. The Balaban J connectivity index is 0. The summed E-state index contributed by atoms with van der Waals surface area (Å²) >= 11 is 0. The second-order valence-corrected chi connectivity index (χ2v) is 7.70. The maximum Gasteiger partial charge on any atom is 0.333 e. The first-order chi connectivity index (χ1) is 13.0. The molecule has 0 spiro atoms. The van der Waals surface area contributed by atoms with Crippen LogP contribution in [0, 0.1) is 23.2 Å². The van der Waals surface area contributed by atoms with E-state index in [1.165, 1.54) is 25.7 Å². The van der Waals surface area contributed by atoms with Gasteiger partial charge in [0.2, 0.25) is 0 Å². The Morgan fingerprint density at radius 1 is 0.690 bits per heavy atom. The summed E-state index contributed by atoms with van der Waals surface area (Å²) in [5.74, 6) is -9.39. The van der Waals surface area contributed by atoms with Crippen molar-refractivity contribution in [2.45, 2.75) is 78.6 Å². The van der Waals surface area contributed by atoms with Crippen LogP contribution in [0.1, 0.15) is 78.6 Å². The van der Waals surface area contributed by atoms with E-state index in [9.17, 15) is 39.6 Å². The van der Waals surface area contributed by atoms with Crippen molar-refractivity contribution in [1.29, 1.82) is 0 Å². The minimum Gasteiger partial charge on any atom is -0.481 e. The van der Waals surface area contributed by atoms with Crippen molar-refractivity contribution in [2.75, 3.05) is 0 Å². The van der Waals surface area contributed by atoms with E-state index in [4.69, 9.17) is 0 Å². The minimum absolute atomic E-state index is 0. The summed E-state index contributed by atoms with van der Waals surface area (Å²) in [5.41, 5.74) is -3.38. The molecule has 0 radical (unpaired) electrons. The van der Waals surface area contributed by atoms with Gasteiger partial charge in [-0.1, -0.05) is 72.1 Å². The minimum atomic E-state index is -3.38. The first kappa shape index (κ1) is 29.0. The van der Waals surface area contributed by atoms with Crippen molar-refractivity contribution in [1.82, 2.24) is 6.15 Å². The maximum absolute atomic E-state index is 11.5. The maximum atomic E-state index is 11.5. The van der Waals surface area contributed by atoms with Crippen LogP contribution in [0.4, 0.5) is 0 Å². The third-order valence-electron chi connectivity index (χ3n) is 5.72. The van der Waals surface area contributed by atoms with Crippen molar-refractivity contribution in [2.24, 2.45) is 23.2 Å². The standard InChI is InChI=1S/C20H34O8.H3N/c1-4-5-6-7-10-13(2)14(3)11-8-9-12-15(16(21)22)20(17(23)24,18(25)26)19(27)28;/h13-15H,4-12H2,1-3H3,(H,21,22)(H,23,24)(H,25,26)(H,27,28);1H3. The smallest absolute Gasteiger partial charge is 0.333 e. The van der Waals surface area contributed by atoms with E-state index >= 15 is 0 Å². The molecule has 0 bridgehead atoms.